The minimum absolute atomic E-state index is 0.0887. The van der Waals surface area contributed by atoms with Gasteiger partial charge >= 0.3 is 12.0 Å². The van der Waals surface area contributed by atoms with E-state index < -0.39 is 5.97 Å². The first-order valence-electron chi connectivity index (χ1n) is 7.42. The lowest BCUT2D eigenvalue weighted by molar-refractivity contribution is -0.137. The summed E-state index contributed by atoms with van der Waals surface area (Å²) in [7, 11) is 0. The summed E-state index contributed by atoms with van der Waals surface area (Å²) >= 11 is 0. The molecule has 1 aliphatic rings. The molecule has 114 valence electrons. The molecule has 2 amide bonds. The fourth-order valence-corrected chi connectivity index (χ4v) is 2.34. The fraction of sp³-hybridized carbons (Fsp3) is 0.500. The molecule has 5 nitrogen and oxygen atoms in total. The molecule has 0 heterocycles. The molecule has 1 aliphatic carbocycles. The molecule has 1 aromatic carbocycles. The van der Waals surface area contributed by atoms with Gasteiger partial charge in [-0.25, -0.2) is 4.79 Å². The van der Waals surface area contributed by atoms with Crippen LogP contribution in [-0.2, 0) is 4.79 Å². The Hall–Kier alpha value is -2.04. The monoisotopic (exact) mass is 290 g/mol. The Morgan fingerprint density at radius 3 is 2.52 bits per heavy atom. The Balaban J connectivity index is 1.99. The lowest BCUT2D eigenvalue weighted by Crippen LogP contribution is -2.45. The van der Waals surface area contributed by atoms with Gasteiger partial charge < -0.3 is 15.3 Å². The highest BCUT2D eigenvalue weighted by Crippen LogP contribution is 2.29. The van der Waals surface area contributed by atoms with Crippen LogP contribution in [0.1, 0.15) is 37.8 Å². The molecular weight excluding hydrogens is 268 g/mol. The predicted molar refractivity (Wildman–Crippen MR) is 79.9 cm³/mol. The van der Waals surface area contributed by atoms with Crippen LogP contribution in [0.15, 0.2) is 30.3 Å². The Kier molecular flexibility index (Phi) is 5.20. The van der Waals surface area contributed by atoms with Crippen molar-refractivity contribution in [2.75, 3.05) is 13.1 Å². The third-order valence-corrected chi connectivity index (χ3v) is 3.70. The molecule has 0 spiro atoms. The van der Waals surface area contributed by atoms with Crippen LogP contribution in [0, 0.1) is 5.92 Å². The maximum Gasteiger partial charge on any atom is 0.323 e. The van der Waals surface area contributed by atoms with Gasteiger partial charge in [-0.1, -0.05) is 37.3 Å². The predicted octanol–water partition coefficient (Wildman–Crippen LogP) is 2.64. The Morgan fingerprint density at radius 2 is 2.00 bits per heavy atom. The highest BCUT2D eigenvalue weighted by Gasteiger charge is 2.28. The first-order chi connectivity index (χ1) is 10.1. The van der Waals surface area contributed by atoms with Gasteiger partial charge in [0.2, 0.25) is 0 Å². The summed E-state index contributed by atoms with van der Waals surface area (Å²) in [5, 5.41) is 11.9. The van der Waals surface area contributed by atoms with Crippen LogP contribution >= 0.6 is 0 Å². The van der Waals surface area contributed by atoms with Crippen LogP contribution in [0.3, 0.4) is 0 Å². The van der Waals surface area contributed by atoms with E-state index in [1.54, 1.807) is 0 Å². The number of nitrogens with zero attached hydrogens (tertiary/aromatic N) is 1. The van der Waals surface area contributed by atoms with Crippen LogP contribution in [0.4, 0.5) is 4.79 Å². The highest BCUT2D eigenvalue weighted by atomic mass is 16.4. The van der Waals surface area contributed by atoms with Gasteiger partial charge in [0.05, 0.1) is 6.04 Å². The van der Waals surface area contributed by atoms with Crippen molar-refractivity contribution in [1.82, 2.24) is 10.2 Å². The number of carboxylic acids is 1. The van der Waals surface area contributed by atoms with Crippen LogP contribution in [0.25, 0.3) is 0 Å². The smallest absolute Gasteiger partial charge is 0.323 e. The lowest BCUT2D eigenvalue weighted by atomic mass is 10.1. The summed E-state index contributed by atoms with van der Waals surface area (Å²) in [5.41, 5.74) is 1.04. The first-order valence-corrected chi connectivity index (χ1v) is 7.42. The second-order valence-corrected chi connectivity index (χ2v) is 5.54. The highest BCUT2D eigenvalue weighted by molar-refractivity contribution is 5.80. The van der Waals surface area contributed by atoms with Crippen molar-refractivity contribution in [3.8, 4) is 0 Å². The third kappa shape index (κ3) is 4.77. The Labute approximate surface area is 125 Å². The van der Waals surface area contributed by atoms with E-state index in [1.807, 2.05) is 37.3 Å². The van der Waals surface area contributed by atoms with Crippen molar-refractivity contribution in [2.45, 2.75) is 32.2 Å². The summed E-state index contributed by atoms with van der Waals surface area (Å²) < 4.78 is 0. The topological polar surface area (TPSA) is 69.6 Å². The van der Waals surface area contributed by atoms with Crippen LogP contribution in [-0.4, -0.2) is 35.1 Å². The minimum atomic E-state index is -0.974. The normalized spacial score (nSPS) is 15.3. The number of carboxylic acid groups (broad SMARTS) is 1. The average molecular weight is 290 g/mol. The van der Waals surface area contributed by atoms with E-state index in [-0.39, 0.29) is 18.6 Å². The largest absolute Gasteiger partial charge is 0.480 e. The van der Waals surface area contributed by atoms with Gasteiger partial charge in [-0.05, 0) is 30.7 Å². The van der Waals surface area contributed by atoms with Gasteiger partial charge in [-0.15, -0.1) is 0 Å². The average Bonchev–Trinajstić information content (AvgIpc) is 3.28. The summed E-state index contributed by atoms with van der Waals surface area (Å²) in [4.78, 5) is 24.7. The lowest BCUT2D eigenvalue weighted by Gasteiger charge is -2.25. The standard InChI is InChI=1S/C16H22N2O3/c1-2-14(13-6-4-3-5-7-13)17-16(21)18(11-15(19)20)10-12-8-9-12/h3-7,12,14H,2,8-11H2,1H3,(H,17,21)(H,19,20). The molecule has 0 bridgehead atoms. The van der Waals surface area contributed by atoms with Crippen LogP contribution < -0.4 is 5.32 Å². The number of rotatable bonds is 7. The minimum Gasteiger partial charge on any atom is -0.480 e. The first kappa shape index (κ1) is 15.4. The van der Waals surface area contributed by atoms with E-state index in [0.717, 1.165) is 24.8 Å². The number of amides is 2. The number of carbonyl (C=O) groups is 2. The summed E-state index contributed by atoms with van der Waals surface area (Å²) in [6.45, 7) is 2.29. The van der Waals surface area contributed by atoms with E-state index in [4.69, 9.17) is 5.11 Å². The van der Waals surface area contributed by atoms with Crippen molar-refractivity contribution >= 4 is 12.0 Å². The molecule has 0 saturated heterocycles. The van der Waals surface area contributed by atoms with Gasteiger partial charge in [-0.2, -0.15) is 0 Å². The molecule has 21 heavy (non-hydrogen) atoms. The van der Waals surface area contributed by atoms with Gasteiger partial charge in [-0.3, -0.25) is 4.79 Å². The molecule has 1 unspecified atom stereocenters. The van der Waals surface area contributed by atoms with Gasteiger partial charge in [0.1, 0.15) is 6.54 Å². The maximum atomic E-state index is 12.3. The van der Waals surface area contributed by atoms with Gasteiger partial charge in [0.25, 0.3) is 0 Å². The molecular formula is C16H22N2O3. The van der Waals surface area contributed by atoms with E-state index in [0.29, 0.717) is 12.5 Å². The number of urea groups is 1. The van der Waals surface area contributed by atoms with E-state index in [2.05, 4.69) is 5.32 Å². The number of nitrogens with one attached hydrogen (secondary N) is 1. The maximum absolute atomic E-state index is 12.3. The molecule has 5 heteroatoms. The number of hydrogen-bond donors (Lipinski definition) is 2. The zero-order valence-electron chi connectivity index (χ0n) is 12.3. The molecule has 2 rings (SSSR count). The molecule has 1 saturated carbocycles. The number of hydrogen-bond acceptors (Lipinski definition) is 2. The molecule has 1 atom stereocenters. The van der Waals surface area contributed by atoms with Crippen molar-refractivity contribution in [2.24, 2.45) is 5.92 Å². The molecule has 0 radical (unpaired) electrons. The second kappa shape index (κ2) is 7.11. The van der Waals surface area contributed by atoms with Crippen LogP contribution in [0.5, 0.6) is 0 Å². The van der Waals surface area contributed by atoms with Crippen molar-refractivity contribution in [3.05, 3.63) is 35.9 Å². The Bertz CT molecular complexity index is 486. The quantitative estimate of drug-likeness (QED) is 0.811. The van der Waals surface area contributed by atoms with E-state index in [9.17, 15) is 9.59 Å². The number of carbonyl (C=O) groups excluding carboxylic acids is 1. The summed E-state index contributed by atoms with van der Waals surface area (Å²) in [6, 6.07) is 9.36. The zero-order chi connectivity index (χ0) is 15.2. The summed E-state index contributed by atoms with van der Waals surface area (Å²) in [6.07, 6.45) is 2.93. The molecule has 1 fully saturated rings. The van der Waals surface area contributed by atoms with Crippen molar-refractivity contribution in [3.63, 3.8) is 0 Å². The van der Waals surface area contributed by atoms with Crippen molar-refractivity contribution in [1.29, 1.82) is 0 Å². The Morgan fingerprint density at radius 1 is 1.33 bits per heavy atom. The van der Waals surface area contributed by atoms with Crippen molar-refractivity contribution < 1.29 is 14.7 Å². The fourth-order valence-electron chi connectivity index (χ4n) is 2.34. The SMILES string of the molecule is CCC(NC(=O)N(CC(=O)O)CC1CC1)c1ccccc1. The van der Waals surface area contributed by atoms with E-state index in [1.165, 1.54) is 4.90 Å². The summed E-state index contributed by atoms with van der Waals surface area (Å²) in [5.74, 6) is -0.509. The molecule has 1 aromatic rings. The van der Waals surface area contributed by atoms with Crippen LogP contribution in [0.2, 0.25) is 0 Å². The second-order valence-electron chi connectivity index (χ2n) is 5.54. The third-order valence-electron chi connectivity index (χ3n) is 3.70. The van der Waals surface area contributed by atoms with Gasteiger partial charge in [0.15, 0.2) is 0 Å². The zero-order valence-corrected chi connectivity index (χ0v) is 12.3. The van der Waals surface area contributed by atoms with E-state index >= 15 is 0 Å². The molecule has 2 N–H and O–H groups in total. The number of aliphatic carboxylic acids is 1. The molecule has 0 aliphatic heterocycles. The molecule has 0 aromatic heterocycles. The van der Waals surface area contributed by atoms with Gasteiger partial charge in [0, 0.05) is 6.54 Å². The number of benzene rings is 1.